The highest BCUT2D eigenvalue weighted by atomic mass is 16.5. The average Bonchev–Trinajstić information content (AvgIpc) is 3.57. The fourth-order valence-corrected chi connectivity index (χ4v) is 3.79. The lowest BCUT2D eigenvalue weighted by molar-refractivity contribution is 0.412. The van der Waals surface area contributed by atoms with E-state index in [1.54, 1.807) is 7.11 Å². The van der Waals surface area contributed by atoms with Gasteiger partial charge in [-0.1, -0.05) is 42.5 Å². The molecular formula is C24H23N3O. The summed E-state index contributed by atoms with van der Waals surface area (Å²) in [5.74, 6) is 3.21. The van der Waals surface area contributed by atoms with Crippen molar-refractivity contribution in [2.45, 2.75) is 32.2 Å². The molecule has 0 unspecified atom stereocenters. The summed E-state index contributed by atoms with van der Waals surface area (Å²) in [6.45, 7) is 2.78. The number of aromatic nitrogens is 2. The highest BCUT2D eigenvalue weighted by molar-refractivity contribution is 5.91. The number of methoxy groups -OCH3 is 1. The van der Waals surface area contributed by atoms with Crippen LogP contribution in [-0.2, 0) is 6.54 Å². The maximum atomic E-state index is 5.51. The highest BCUT2D eigenvalue weighted by Gasteiger charge is 2.27. The molecule has 1 heterocycles. The van der Waals surface area contributed by atoms with Crippen LogP contribution in [0.3, 0.4) is 0 Å². The second-order valence-electron chi connectivity index (χ2n) is 7.54. The molecule has 1 N–H and O–H groups in total. The van der Waals surface area contributed by atoms with Gasteiger partial charge in [0, 0.05) is 23.9 Å². The third-order valence-electron chi connectivity index (χ3n) is 5.50. The first kappa shape index (κ1) is 17.0. The van der Waals surface area contributed by atoms with E-state index < -0.39 is 0 Å². The SMILES string of the molecule is COc1cc2nc(C3CC3)nc(NCc3cccc4ccccc34)c2cc1C. The molecule has 0 saturated heterocycles. The van der Waals surface area contributed by atoms with Gasteiger partial charge in [-0.2, -0.15) is 0 Å². The van der Waals surface area contributed by atoms with Crippen molar-refractivity contribution >= 4 is 27.5 Å². The van der Waals surface area contributed by atoms with Gasteiger partial charge in [0.2, 0.25) is 0 Å². The van der Waals surface area contributed by atoms with Crippen molar-refractivity contribution in [1.82, 2.24) is 9.97 Å². The quantitative estimate of drug-likeness (QED) is 0.498. The van der Waals surface area contributed by atoms with E-state index in [4.69, 9.17) is 14.7 Å². The molecule has 1 aromatic heterocycles. The van der Waals surface area contributed by atoms with Crippen molar-refractivity contribution in [3.05, 3.63) is 71.5 Å². The van der Waals surface area contributed by atoms with Gasteiger partial charge >= 0.3 is 0 Å². The highest BCUT2D eigenvalue weighted by Crippen LogP contribution is 2.40. The number of hydrogen-bond acceptors (Lipinski definition) is 4. The van der Waals surface area contributed by atoms with Crippen molar-refractivity contribution in [1.29, 1.82) is 0 Å². The van der Waals surface area contributed by atoms with Crippen LogP contribution in [0.15, 0.2) is 54.6 Å². The third kappa shape index (κ3) is 3.05. The Kier molecular flexibility index (Phi) is 4.12. The zero-order chi connectivity index (χ0) is 19.1. The van der Waals surface area contributed by atoms with Crippen molar-refractivity contribution in [2.24, 2.45) is 0 Å². The summed E-state index contributed by atoms with van der Waals surface area (Å²) in [6, 6.07) is 19.1. The minimum atomic E-state index is 0.495. The largest absolute Gasteiger partial charge is 0.496 e. The molecular weight excluding hydrogens is 346 g/mol. The van der Waals surface area contributed by atoms with Crippen molar-refractivity contribution < 1.29 is 4.74 Å². The zero-order valence-electron chi connectivity index (χ0n) is 16.2. The van der Waals surface area contributed by atoms with Crippen LogP contribution in [0.5, 0.6) is 5.75 Å². The van der Waals surface area contributed by atoms with Gasteiger partial charge in [0.1, 0.15) is 17.4 Å². The van der Waals surface area contributed by atoms with Gasteiger partial charge in [0.25, 0.3) is 0 Å². The second kappa shape index (κ2) is 6.79. The molecule has 0 atom stereocenters. The molecule has 140 valence electrons. The van der Waals surface area contributed by atoms with Gasteiger partial charge in [0.05, 0.1) is 12.6 Å². The van der Waals surface area contributed by atoms with Gasteiger partial charge in [-0.05, 0) is 47.7 Å². The molecule has 0 bridgehead atoms. The van der Waals surface area contributed by atoms with E-state index >= 15 is 0 Å². The van der Waals surface area contributed by atoms with Gasteiger partial charge in [-0.25, -0.2) is 9.97 Å². The lowest BCUT2D eigenvalue weighted by Gasteiger charge is -2.14. The van der Waals surface area contributed by atoms with Crippen molar-refractivity contribution in [2.75, 3.05) is 12.4 Å². The molecule has 0 spiro atoms. The van der Waals surface area contributed by atoms with Crippen molar-refractivity contribution in [3.8, 4) is 5.75 Å². The normalized spacial score (nSPS) is 13.8. The summed E-state index contributed by atoms with van der Waals surface area (Å²) < 4.78 is 5.51. The summed E-state index contributed by atoms with van der Waals surface area (Å²) in [5.41, 5.74) is 3.30. The lowest BCUT2D eigenvalue weighted by atomic mass is 10.0. The van der Waals surface area contributed by atoms with E-state index in [-0.39, 0.29) is 0 Å². The van der Waals surface area contributed by atoms with Crippen LogP contribution in [0, 0.1) is 6.92 Å². The van der Waals surface area contributed by atoms with E-state index in [0.29, 0.717) is 5.92 Å². The third-order valence-corrected chi connectivity index (χ3v) is 5.50. The first-order valence-electron chi connectivity index (χ1n) is 9.80. The second-order valence-corrected chi connectivity index (χ2v) is 7.54. The fraction of sp³-hybridized carbons (Fsp3) is 0.250. The van der Waals surface area contributed by atoms with Crippen LogP contribution in [0.1, 0.15) is 35.7 Å². The van der Waals surface area contributed by atoms with E-state index in [9.17, 15) is 0 Å². The summed E-state index contributed by atoms with van der Waals surface area (Å²) in [7, 11) is 1.71. The van der Waals surface area contributed by atoms with E-state index in [1.165, 1.54) is 29.2 Å². The summed E-state index contributed by atoms with van der Waals surface area (Å²) in [5, 5.41) is 7.17. The topological polar surface area (TPSA) is 47.0 Å². The van der Waals surface area contributed by atoms with Gasteiger partial charge in [0.15, 0.2) is 0 Å². The van der Waals surface area contributed by atoms with Crippen LogP contribution in [0.25, 0.3) is 21.7 Å². The Morgan fingerprint density at radius 2 is 1.82 bits per heavy atom. The predicted octanol–water partition coefficient (Wildman–Crippen LogP) is 5.59. The van der Waals surface area contributed by atoms with Crippen LogP contribution < -0.4 is 10.1 Å². The summed E-state index contributed by atoms with van der Waals surface area (Å²) in [6.07, 6.45) is 2.36. The number of nitrogens with zero attached hydrogens (tertiary/aromatic N) is 2. The number of aryl methyl sites for hydroxylation is 1. The summed E-state index contributed by atoms with van der Waals surface area (Å²) in [4.78, 5) is 9.71. The van der Waals surface area contributed by atoms with Crippen LogP contribution >= 0.6 is 0 Å². The minimum Gasteiger partial charge on any atom is -0.496 e. The first-order valence-corrected chi connectivity index (χ1v) is 9.80. The fourth-order valence-electron chi connectivity index (χ4n) is 3.79. The summed E-state index contributed by atoms with van der Waals surface area (Å²) >= 11 is 0. The molecule has 0 radical (unpaired) electrons. The minimum absolute atomic E-state index is 0.495. The van der Waals surface area contributed by atoms with E-state index in [0.717, 1.165) is 40.4 Å². The smallest absolute Gasteiger partial charge is 0.137 e. The number of anilines is 1. The van der Waals surface area contributed by atoms with E-state index in [1.807, 2.05) is 6.07 Å². The molecule has 4 nitrogen and oxygen atoms in total. The number of fused-ring (bicyclic) bond motifs is 2. The van der Waals surface area contributed by atoms with Gasteiger partial charge in [-0.15, -0.1) is 0 Å². The predicted molar refractivity (Wildman–Crippen MR) is 114 cm³/mol. The van der Waals surface area contributed by atoms with E-state index in [2.05, 4.69) is 60.8 Å². The Bertz CT molecular complexity index is 1180. The van der Waals surface area contributed by atoms with Crippen LogP contribution in [0.2, 0.25) is 0 Å². The lowest BCUT2D eigenvalue weighted by Crippen LogP contribution is -2.06. The number of hydrogen-bond donors (Lipinski definition) is 1. The standard InChI is InChI=1S/C24H23N3O/c1-15-12-20-21(13-22(15)28-2)26-23(17-10-11-17)27-24(20)25-14-18-8-5-7-16-6-3-4-9-19(16)18/h3-9,12-13,17H,10-11,14H2,1-2H3,(H,25,26,27). The maximum Gasteiger partial charge on any atom is 0.137 e. The van der Waals surface area contributed by atoms with Gasteiger partial charge < -0.3 is 10.1 Å². The van der Waals surface area contributed by atoms with Crippen LogP contribution in [-0.4, -0.2) is 17.1 Å². The molecule has 4 aromatic rings. The molecule has 3 aromatic carbocycles. The molecule has 1 aliphatic carbocycles. The number of benzene rings is 3. The molecule has 28 heavy (non-hydrogen) atoms. The Morgan fingerprint density at radius 3 is 2.64 bits per heavy atom. The molecule has 1 aliphatic rings. The number of ether oxygens (including phenoxy) is 1. The molecule has 4 heteroatoms. The Balaban J connectivity index is 1.56. The van der Waals surface area contributed by atoms with Gasteiger partial charge in [-0.3, -0.25) is 0 Å². The Hall–Kier alpha value is -3.14. The molecule has 1 saturated carbocycles. The first-order chi connectivity index (χ1) is 13.7. The van der Waals surface area contributed by atoms with Crippen LogP contribution in [0.4, 0.5) is 5.82 Å². The molecule has 1 fully saturated rings. The average molecular weight is 369 g/mol. The maximum absolute atomic E-state index is 5.51. The Labute approximate surface area is 164 Å². The van der Waals surface area contributed by atoms with Crippen molar-refractivity contribution in [3.63, 3.8) is 0 Å². The monoisotopic (exact) mass is 369 g/mol. The zero-order valence-corrected chi connectivity index (χ0v) is 16.2. The molecule has 0 amide bonds. The molecule has 0 aliphatic heterocycles. The Morgan fingerprint density at radius 1 is 1.00 bits per heavy atom. The number of nitrogens with one attached hydrogen (secondary N) is 1. The number of rotatable bonds is 5. The molecule has 5 rings (SSSR count).